The smallest absolute Gasteiger partial charge is 0.410 e. The van der Waals surface area contributed by atoms with Crippen LogP contribution in [0.2, 0.25) is 5.15 Å². The number of aromatic nitrogens is 1. The largest absolute Gasteiger partial charge is 0.444 e. The predicted octanol–water partition coefficient (Wildman–Crippen LogP) is 3.71. The van der Waals surface area contributed by atoms with E-state index < -0.39 is 5.60 Å². The number of halogens is 2. The molecule has 0 bridgehead atoms. The number of hydrogen-bond donors (Lipinski definition) is 2. The van der Waals surface area contributed by atoms with Crippen molar-refractivity contribution >= 4 is 47.6 Å². The molecule has 0 aliphatic rings. The summed E-state index contributed by atoms with van der Waals surface area (Å²) < 4.78 is 5.39. The molecule has 9 heteroatoms. The highest BCUT2D eigenvalue weighted by Crippen LogP contribution is 2.11. The zero-order chi connectivity index (χ0) is 20.4. The minimum Gasteiger partial charge on any atom is -0.444 e. The maximum absolute atomic E-state index is 12.1. The summed E-state index contributed by atoms with van der Waals surface area (Å²) in [6.07, 6.45) is 3.06. The molecule has 0 saturated carbocycles. The zero-order valence-electron chi connectivity index (χ0n) is 17.6. The summed E-state index contributed by atoms with van der Waals surface area (Å²) in [7, 11) is 3.49. The second-order valence-corrected chi connectivity index (χ2v) is 7.78. The van der Waals surface area contributed by atoms with Gasteiger partial charge in [0.1, 0.15) is 10.8 Å². The lowest BCUT2D eigenvalue weighted by atomic mass is 10.2. The number of pyridine rings is 1. The molecule has 0 aromatic carbocycles. The molecule has 2 N–H and O–H groups in total. The van der Waals surface area contributed by atoms with Gasteiger partial charge < -0.3 is 20.3 Å². The van der Waals surface area contributed by atoms with Gasteiger partial charge in [0, 0.05) is 39.4 Å². The van der Waals surface area contributed by atoms with Gasteiger partial charge in [-0.25, -0.2) is 9.78 Å². The van der Waals surface area contributed by atoms with E-state index in [4.69, 9.17) is 16.3 Å². The van der Waals surface area contributed by atoms with Crippen molar-refractivity contribution in [2.75, 3.05) is 27.2 Å². The van der Waals surface area contributed by atoms with Crippen LogP contribution in [0.1, 0.15) is 39.7 Å². The summed E-state index contributed by atoms with van der Waals surface area (Å²) in [5.74, 6) is 0.726. The first-order chi connectivity index (χ1) is 12.6. The molecule has 0 aliphatic carbocycles. The number of nitrogens with one attached hydrogen (secondary N) is 2. The van der Waals surface area contributed by atoms with Crippen LogP contribution in [-0.4, -0.2) is 60.8 Å². The quantitative estimate of drug-likeness (QED) is 0.246. The fourth-order valence-corrected chi connectivity index (χ4v) is 2.32. The molecule has 7 nitrogen and oxygen atoms in total. The SMILES string of the molecule is CN=C(NCCc1ccc(Cl)nc1)NCCC(C)N(C)C(=O)OC(C)(C)C.I. The van der Waals surface area contributed by atoms with E-state index in [-0.39, 0.29) is 36.1 Å². The molecular formula is C19H33ClIN5O2. The van der Waals surface area contributed by atoms with E-state index in [2.05, 4.69) is 20.6 Å². The van der Waals surface area contributed by atoms with E-state index in [1.165, 1.54) is 0 Å². The molecule has 0 radical (unpaired) electrons. The molecular weight excluding hydrogens is 493 g/mol. The molecule has 1 rings (SSSR count). The Morgan fingerprint density at radius 3 is 2.50 bits per heavy atom. The van der Waals surface area contributed by atoms with Crippen LogP contribution in [0.15, 0.2) is 23.3 Å². The van der Waals surface area contributed by atoms with Crippen LogP contribution in [0.5, 0.6) is 0 Å². The standard InChI is InChI=1S/C19H32ClN5O2.HI/c1-14(25(6)18(26)27-19(2,3)4)9-11-22-17(21-5)23-12-10-15-7-8-16(20)24-13-15;/h7-8,13-14H,9-12H2,1-6H3,(H2,21,22,23);1H. The highest BCUT2D eigenvalue weighted by atomic mass is 127. The summed E-state index contributed by atoms with van der Waals surface area (Å²) in [6, 6.07) is 3.79. The van der Waals surface area contributed by atoms with E-state index in [0.29, 0.717) is 11.7 Å². The Hall–Kier alpha value is -1.29. The number of ether oxygens (including phenoxy) is 1. The topological polar surface area (TPSA) is 78.9 Å². The maximum Gasteiger partial charge on any atom is 0.410 e. The van der Waals surface area contributed by atoms with Gasteiger partial charge in [-0.3, -0.25) is 4.99 Å². The van der Waals surface area contributed by atoms with Gasteiger partial charge >= 0.3 is 6.09 Å². The highest BCUT2D eigenvalue weighted by Gasteiger charge is 2.22. The van der Waals surface area contributed by atoms with Crippen LogP contribution in [0.3, 0.4) is 0 Å². The number of rotatable bonds is 7. The van der Waals surface area contributed by atoms with Crippen molar-refractivity contribution in [2.45, 2.75) is 52.2 Å². The van der Waals surface area contributed by atoms with E-state index in [1.54, 1.807) is 31.3 Å². The molecule has 0 spiro atoms. The Labute approximate surface area is 190 Å². The van der Waals surface area contributed by atoms with Gasteiger partial charge in [-0.15, -0.1) is 24.0 Å². The number of nitrogens with zero attached hydrogens (tertiary/aromatic N) is 3. The van der Waals surface area contributed by atoms with E-state index in [1.807, 2.05) is 33.8 Å². The first kappa shape index (κ1) is 26.7. The summed E-state index contributed by atoms with van der Waals surface area (Å²) in [4.78, 5) is 22.0. The van der Waals surface area contributed by atoms with Crippen molar-refractivity contribution in [3.63, 3.8) is 0 Å². The third-order valence-corrected chi connectivity index (χ3v) is 4.14. The average molecular weight is 526 g/mol. The monoisotopic (exact) mass is 525 g/mol. The molecule has 1 unspecified atom stereocenters. The third kappa shape index (κ3) is 10.9. The van der Waals surface area contributed by atoms with Gasteiger partial charge in [-0.05, 0) is 52.2 Å². The molecule has 160 valence electrons. The number of carbonyl (C=O) groups is 1. The first-order valence-corrected chi connectivity index (χ1v) is 9.51. The summed E-state index contributed by atoms with van der Waals surface area (Å²) in [5, 5.41) is 7.02. The second-order valence-electron chi connectivity index (χ2n) is 7.39. The number of amides is 1. The number of hydrogen-bond acceptors (Lipinski definition) is 4. The van der Waals surface area contributed by atoms with Crippen molar-refractivity contribution in [2.24, 2.45) is 4.99 Å². The molecule has 28 heavy (non-hydrogen) atoms. The van der Waals surface area contributed by atoms with Crippen molar-refractivity contribution in [1.82, 2.24) is 20.5 Å². The van der Waals surface area contributed by atoms with E-state index in [0.717, 1.165) is 30.9 Å². The molecule has 0 fully saturated rings. The second kappa shape index (κ2) is 13.0. The van der Waals surface area contributed by atoms with Crippen LogP contribution in [-0.2, 0) is 11.2 Å². The number of aliphatic imine (C=N–C) groups is 1. The van der Waals surface area contributed by atoms with Crippen LogP contribution in [0.25, 0.3) is 0 Å². The molecule has 1 atom stereocenters. The fourth-order valence-electron chi connectivity index (χ4n) is 2.21. The van der Waals surface area contributed by atoms with Gasteiger partial charge in [-0.1, -0.05) is 17.7 Å². The van der Waals surface area contributed by atoms with Crippen molar-refractivity contribution < 1.29 is 9.53 Å². The van der Waals surface area contributed by atoms with Gasteiger partial charge in [-0.2, -0.15) is 0 Å². The third-order valence-electron chi connectivity index (χ3n) is 3.92. The lowest BCUT2D eigenvalue weighted by molar-refractivity contribution is 0.0230. The number of carbonyl (C=O) groups excluding carboxylic acids is 1. The maximum atomic E-state index is 12.1. The van der Waals surface area contributed by atoms with Crippen LogP contribution in [0.4, 0.5) is 4.79 Å². The van der Waals surface area contributed by atoms with Crippen molar-refractivity contribution in [1.29, 1.82) is 0 Å². The van der Waals surface area contributed by atoms with E-state index in [9.17, 15) is 4.79 Å². The Morgan fingerprint density at radius 2 is 1.96 bits per heavy atom. The molecule has 1 aromatic heterocycles. The van der Waals surface area contributed by atoms with Crippen LogP contribution < -0.4 is 10.6 Å². The van der Waals surface area contributed by atoms with Crippen LogP contribution >= 0.6 is 35.6 Å². The van der Waals surface area contributed by atoms with Gasteiger partial charge in [0.2, 0.25) is 0 Å². The van der Waals surface area contributed by atoms with Gasteiger partial charge in [0.05, 0.1) is 0 Å². The van der Waals surface area contributed by atoms with Crippen LogP contribution in [0, 0.1) is 0 Å². The predicted molar refractivity (Wildman–Crippen MR) is 126 cm³/mol. The minimum atomic E-state index is -0.491. The molecule has 1 aromatic rings. The summed E-state index contributed by atoms with van der Waals surface area (Å²) >= 11 is 5.79. The first-order valence-electron chi connectivity index (χ1n) is 9.13. The Bertz CT molecular complexity index is 620. The van der Waals surface area contributed by atoms with Gasteiger partial charge in [0.25, 0.3) is 0 Å². The molecule has 0 saturated heterocycles. The highest BCUT2D eigenvalue weighted by molar-refractivity contribution is 14.0. The van der Waals surface area contributed by atoms with Crippen molar-refractivity contribution in [3.05, 3.63) is 29.0 Å². The lowest BCUT2D eigenvalue weighted by Crippen LogP contribution is -2.43. The Morgan fingerprint density at radius 1 is 1.32 bits per heavy atom. The molecule has 0 aliphatic heterocycles. The average Bonchev–Trinajstić information content (AvgIpc) is 2.59. The zero-order valence-corrected chi connectivity index (χ0v) is 20.7. The Kier molecular flexibility index (Phi) is 12.4. The Balaban J connectivity index is 0.00000729. The summed E-state index contributed by atoms with van der Waals surface area (Å²) in [5.41, 5.74) is 0.615. The lowest BCUT2D eigenvalue weighted by Gasteiger charge is -2.28. The molecule has 1 amide bonds. The summed E-state index contributed by atoms with van der Waals surface area (Å²) in [6.45, 7) is 9.00. The van der Waals surface area contributed by atoms with Gasteiger partial charge in [0.15, 0.2) is 5.96 Å². The normalized spacial score (nSPS) is 12.6. The minimum absolute atomic E-state index is 0. The van der Waals surface area contributed by atoms with E-state index >= 15 is 0 Å². The molecule has 1 heterocycles. The fraction of sp³-hybridized carbons (Fsp3) is 0.632. The van der Waals surface area contributed by atoms with Crippen molar-refractivity contribution in [3.8, 4) is 0 Å². The number of guanidine groups is 1.